The van der Waals surface area contributed by atoms with Gasteiger partial charge in [0.05, 0.1) is 37.1 Å². The Morgan fingerprint density at radius 1 is 1.09 bits per heavy atom. The number of anilines is 1. The van der Waals surface area contributed by atoms with E-state index in [9.17, 15) is 4.79 Å². The lowest BCUT2D eigenvalue weighted by atomic mass is 10.0. The van der Waals surface area contributed by atoms with E-state index in [-0.39, 0.29) is 5.96 Å². The van der Waals surface area contributed by atoms with Gasteiger partial charge in [0.25, 0.3) is 0 Å². The molecule has 9 nitrogen and oxygen atoms in total. The molecule has 0 bridgehead atoms. The minimum atomic E-state index is -0.510. The van der Waals surface area contributed by atoms with Crippen LogP contribution in [0.25, 0.3) is 0 Å². The molecule has 3 aromatic rings. The van der Waals surface area contributed by atoms with Crippen molar-refractivity contribution in [3.05, 3.63) is 70.2 Å². The summed E-state index contributed by atoms with van der Waals surface area (Å²) in [4.78, 5) is 27.2. The second kappa shape index (κ2) is 12.9. The van der Waals surface area contributed by atoms with Crippen LogP contribution in [0.4, 0.5) is 15.6 Å². The number of guanidine groups is 1. The number of nitrogens with two attached hydrogens (primary N) is 2. The van der Waals surface area contributed by atoms with Crippen LogP contribution in [0.3, 0.4) is 0 Å². The summed E-state index contributed by atoms with van der Waals surface area (Å²) in [7, 11) is 1.47. The molecular weight excluding hydrogens is 474 g/mol. The van der Waals surface area contributed by atoms with Crippen molar-refractivity contribution in [2.75, 3.05) is 19.0 Å². The lowest BCUT2D eigenvalue weighted by Gasteiger charge is -2.05. The molecule has 1 amide bonds. The summed E-state index contributed by atoms with van der Waals surface area (Å²) in [5, 5.41) is 3.24. The number of hydrogen-bond donors (Lipinski definition) is 3. The number of hydrogen-bond acceptors (Lipinski definition) is 8. The molecule has 2 aromatic carbocycles. The van der Waals surface area contributed by atoms with E-state index in [0.29, 0.717) is 30.3 Å². The molecule has 0 saturated carbocycles. The standard InChI is InChI=1S/C23H27N5O4S2/c1-3-31-23(29)28-22-27-19(13-8-15-4-9-17(10-5-15)26-21(24)25)20(33-22)14-16-6-11-18(12-7-16)34-32-30-2/h4-7,9-12H,3,8,13-14H2,1-2H3,(H4,24,25,26)(H,27,28,29). The highest BCUT2D eigenvalue weighted by molar-refractivity contribution is 7.94. The van der Waals surface area contributed by atoms with Crippen molar-refractivity contribution in [1.82, 2.24) is 4.98 Å². The Kier molecular flexibility index (Phi) is 9.71. The summed E-state index contributed by atoms with van der Waals surface area (Å²) in [6, 6.07) is 15.7. The SMILES string of the molecule is CCOC(=O)Nc1nc(CCc2ccc(N=C(N)N)cc2)c(Cc2ccc(SOOC)cc2)s1. The third-order valence-corrected chi connectivity index (χ3v) is 6.28. The zero-order valence-electron chi connectivity index (χ0n) is 18.9. The van der Waals surface area contributed by atoms with Gasteiger partial charge in [-0.15, -0.1) is 11.3 Å². The van der Waals surface area contributed by atoms with Crippen LogP contribution in [0.1, 0.15) is 28.6 Å². The van der Waals surface area contributed by atoms with Crippen molar-refractivity contribution in [3.8, 4) is 0 Å². The van der Waals surface area contributed by atoms with E-state index >= 15 is 0 Å². The second-order valence-corrected chi connectivity index (χ2v) is 8.93. The Hall–Kier alpha value is -3.12. The maximum atomic E-state index is 11.9. The van der Waals surface area contributed by atoms with Gasteiger partial charge in [-0.2, -0.15) is 4.33 Å². The van der Waals surface area contributed by atoms with E-state index in [2.05, 4.69) is 20.2 Å². The summed E-state index contributed by atoms with van der Waals surface area (Å²) in [6.07, 6.45) is 1.68. The van der Waals surface area contributed by atoms with Crippen molar-refractivity contribution < 1.29 is 18.8 Å². The smallest absolute Gasteiger partial charge is 0.413 e. The number of thiazole rings is 1. The molecule has 0 unspecified atom stereocenters. The minimum Gasteiger partial charge on any atom is -0.450 e. The first-order valence-electron chi connectivity index (χ1n) is 10.5. The molecule has 1 heterocycles. The summed E-state index contributed by atoms with van der Waals surface area (Å²) in [6.45, 7) is 2.06. The molecule has 11 heteroatoms. The molecule has 0 atom stereocenters. The molecule has 0 aliphatic carbocycles. The molecule has 34 heavy (non-hydrogen) atoms. The van der Waals surface area contributed by atoms with Gasteiger partial charge in [0.2, 0.25) is 0 Å². The van der Waals surface area contributed by atoms with Gasteiger partial charge in [0.1, 0.15) is 0 Å². The van der Waals surface area contributed by atoms with Crippen LogP contribution in [0.2, 0.25) is 0 Å². The fourth-order valence-corrected chi connectivity index (χ4v) is 4.52. The lowest BCUT2D eigenvalue weighted by Crippen LogP contribution is -2.21. The van der Waals surface area contributed by atoms with Crippen molar-refractivity contribution in [3.63, 3.8) is 0 Å². The van der Waals surface area contributed by atoms with Crippen LogP contribution in [0.5, 0.6) is 0 Å². The van der Waals surface area contributed by atoms with Crippen LogP contribution in [0, 0.1) is 0 Å². The fraction of sp³-hybridized carbons (Fsp3) is 0.261. The first kappa shape index (κ1) is 25.5. The average molecular weight is 502 g/mol. The Morgan fingerprint density at radius 3 is 2.44 bits per heavy atom. The first-order valence-corrected chi connectivity index (χ1v) is 12.1. The highest BCUT2D eigenvalue weighted by Gasteiger charge is 2.15. The lowest BCUT2D eigenvalue weighted by molar-refractivity contribution is -0.160. The van der Waals surface area contributed by atoms with Gasteiger partial charge in [-0.25, -0.2) is 19.7 Å². The van der Waals surface area contributed by atoms with E-state index < -0.39 is 6.09 Å². The minimum absolute atomic E-state index is 0.0272. The monoisotopic (exact) mass is 501 g/mol. The predicted molar refractivity (Wildman–Crippen MR) is 135 cm³/mol. The summed E-state index contributed by atoms with van der Waals surface area (Å²) >= 11 is 2.60. The summed E-state index contributed by atoms with van der Waals surface area (Å²) < 4.78 is 9.88. The van der Waals surface area contributed by atoms with Gasteiger partial charge in [-0.05, 0) is 55.2 Å². The van der Waals surface area contributed by atoms with Gasteiger partial charge in [0, 0.05) is 16.2 Å². The van der Waals surface area contributed by atoms with E-state index in [4.69, 9.17) is 20.5 Å². The van der Waals surface area contributed by atoms with Crippen LogP contribution in [0.15, 0.2) is 58.4 Å². The van der Waals surface area contributed by atoms with E-state index in [0.717, 1.165) is 45.1 Å². The predicted octanol–water partition coefficient (Wildman–Crippen LogP) is 4.58. The average Bonchev–Trinajstić information content (AvgIpc) is 3.18. The highest BCUT2D eigenvalue weighted by atomic mass is 32.2. The quantitative estimate of drug-likeness (QED) is 0.114. The Balaban J connectivity index is 1.74. The molecule has 0 saturated heterocycles. The number of aliphatic imine (C=N–C) groups is 1. The number of aryl methyl sites for hydroxylation is 2. The molecule has 0 spiro atoms. The summed E-state index contributed by atoms with van der Waals surface area (Å²) in [5.41, 5.74) is 14.8. The van der Waals surface area contributed by atoms with Gasteiger partial charge >= 0.3 is 6.09 Å². The number of benzene rings is 2. The molecular formula is C23H27N5O4S2. The number of carbonyl (C=O) groups is 1. The normalized spacial score (nSPS) is 10.6. The summed E-state index contributed by atoms with van der Waals surface area (Å²) in [5.74, 6) is 0.0272. The topological polar surface area (TPSA) is 134 Å². The maximum absolute atomic E-state index is 11.9. The van der Waals surface area contributed by atoms with Crippen LogP contribution in [-0.2, 0) is 33.2 Å². The van der Waals surface area contributed by atoms with Crippen LogP contribution >= 0.6 is 23.4 Å². The molecule has 3 rings (SSSR count). The Labute approximate surface area is 206 Å². The van der Waals surface area contributed by atoms with Gasteiger partial charge in [0.15, 0.2) is 11.1 Å². The van der Waals surface area contributed by atoms with Crippen molar-refractivity contribution in [2.45, 2.75) is 31.1 Å². The van der Waals surface area contributed by atoms with E-state index in [1.807, 2.05) is 48.5 Å². The van der Waals surface area contributed by atoms with Gasteiger partial charge in [-0.1, -0.05) is 24.3 Å². The number of amides is 1. The molecule has 0 aliphatic rings. The highest BCUT2D eigenvalue weighted by Crippen LogP contribution is 2.28. The van der Waals surface area contributed by atoms with Gasteiger partial charge in [-0.3, -0.25) is 5.32 Å². The fourth-order valence-electron chi connectivity index (χ4n) is 3.10. The maximum Gasteiger partial charge on any atom is 0.413 e. The van der Waals surface area contributed by atoms with Gasteiger partial charge < -0.3 is 16.2 Å². The van der Waals surface area contributed by atoms with Crippen LogP contribution < -0.4 is 16.8 Å². The third-order valence-electron chi connectivity index (χ3n) is 4.59. The number of ether oxygens (including phenoxy) is 1. The van der Waals surface area contributed by atoms with Crippen LogP contribution in [-0.4, -0.2) is 30.8 Å². The molecule has 1 aromatic heterocycles. The third kappa shape index (κ3) is 8.03. The van der Waals surface area contributed by atoms with Crippen molar-refractivity contribution >= 4 is 46.3 Å². The molecule has 0 fully saturated rings. The Morgan fingerprint density at radius 2 is 1.79 bits per heavy atom. The number of carbonyl (C=O) groups excluding carboxylic acids is 1. The molecule has 0 aliphatic heterocycles. The zero-order chi connectivity index (χ0) is 24.3. The zero-order valence-corrected chi connectivity index (χ0v) is 20.6. The molecule has 0 radical (unpaired) electrons. The molecule has 5 N–H and O–H groups in total. The number of aromatic nitrogens is 1. The molecule has 180 valence electrons. The largest absolute Gasteiger partial charge is 0.450 e. The number of nitrogens with one attached hydrogen (secondary N) is 1. The van der Waals surface area contributed by atoms with Crippen molar-refractivity contribution in [2.24, 2.45) is 16.5 Å². The number of rotatable bonds is 11. The Bertz CT molecular complexity index is 1100. The van der Waals surface area contributed by atoms with E-state index in [1.54, 1.807) is 6.92 Å². The second-order valence-electron chi connectivity index (χ2n) is 7.08. The van der Waals surface area contributed by atoms with Crippen molar-refractivity contribution in [1.29, 1.82) is 0 Å². The number of nitrogens with zero attached hydrogens (tertiary/aromatic N) is 2. The van der Waals surface area contributed by atoms with E-state index in [1.165, 1.54) is 18.4 Å². The first-order chi connectivity index (χ1) is 16.5.